The predicted molar refractivity (Wildman–Crippen MR) is 81.5 cm³/mol. The molecule has 1 aromatic carbocycles. The lowest BCUT2D eigenvalue weighted by molar-refractivity contribution is 0.199. The van der Waals surface area contributed by atoms with Crippen molar-refractivity contribution >= 4 is 31.6 Å². The number of hydrogen-bond donors (Lipinski definition) is 2. The van der Waals surface area contributed by atoms with Crippen molar-refractivity contribution in [1.82, 2.24) is 9.62 Å². The highest BCUT2D eigenvalue weighted by Crippen LogP contribution is 2.23. The lowest BCUT2D eigenvalue weighted by atomic mass is 10.1. The molecule has 0 amide bonds. The van der Waals surface area contributed by atoms with Crippen molar-refractivity contribution < 1.29 is 8.42 Å². The molecule has 19 heavy (non-hydrogen) atoms. The molecule has 108 valence electrons. The smallest absolute Gasteiger partial charge is 0.240 e. The summed E-state index contributed by atoms with van der Waals surface area (Å²) in [6.07, 6.45) is 0. The quantitative estimate of drug-likeness (QED) is 0.792. The predicted octanol–water partition coefficient (Wildman–Crippen LogP) is 1.65. The number of anilines is 1. The molecule has 0 aliphatic rings. The van der Waals surface area contributed by atoms with Crippen LogP contribution >= 0.6 is 15.9 Å². The Morgan fingerprint density at radius 3 is 2.42 bits per heavy atom. The van der Waals surface area contributed by atoms with Gasteiger partial charge in [0.25, 0.3) is 0 Å². The summed E-state index contributed by atoms with van der Waals surface area (Å²) in [6, 6.07) is 4.58. The lowest BCUT2D eigenvalue weighted by Gasteiger charge is -2.32. The van der Waals surface area contributed by atoms with Gasteiger partial charge in [-0.3, -0.25) is 0 Å². The van der Waals surface area contributed by atoms with Crippen molar-refractivity contribution in [3.05, 3.63) is 22.7 Å². The zero-order valence-electron chi connectivity index (χ0n) is 11.6. The Hall–Kier alpha value is -0.630. The minimum Gasteiger partial charge on any atom is -0.398 e. The largest absolute Gasteiger partial charge is 0.398 e. The number of sulfonamides is 1. The molecule has 0 saturated heterocycles. The molecule has 0 fully saturated rings. The summed E-state index contributed by atoms with van der Waals surface area (Å²) in [5.41, 5.74) is 5.83. The molecule has 7 heteroatoms. The third-order valence-corrected chi connectivity index (χ3v) is 5.30. The molecule has 0 aliphatic heterocycles. The molecule has 0 aliphatic carbocycles. The van der Waals surface area contributed by atoms with E-state index in [9.17, 15) is 8.42 Å². The second-order valence-electron chi connectivity index (χ2n) is 5.21. The van der Waals surface area contributed by atoms with Gasteiger partial charge in [0.05, 0.1) is 4.90 Å². The van der Waals surface area contributed by atoms with E-state index in [0.717, 1.165) is 0 Å². The van der Waals surface area contributed by atoms with Crippen molar-refractivity contribution in [3.63, 3.8) is 0 Å². The van der Waals surface area contributed by atoms with Crippen LogP contribution in [0.3, 0.4) is 0 Å². The van der Waals surface area contributed by atoms with Crippen LogP contribution in [0, 0.1) is 0 Å². The van der Waals surface area contributed by atoms with Gasteiger partial charge in [-0.15, -0.1) is 0 Å². The Kier molecular flexibility index (Phi) is 5.00. The van der Waals surface area contributed by atoms with Gasteiger partial charge in [-0.05, 0) is 62.1 Å². The monoisotopic (exact) mass is 349 g/mol. The molecule has 0 bridgehead atoms. The number of benzene rings is 1. The van der Waals surface area contributed by atoms with Crippen LogP contribution in [0.4, 0.5) is 5.69 Å². The first-order valence-corrected chi connectivity index (χ1v) is 8.06. The molecule has 1 rings (SSSR count). The number of halogens is 1. The van der Waals surface area contributed by atoms with Crippen LogP contribution in [0.15, 0.2) is 27.6 Å². The first kappa shape index (κ1) is 16.4. The summed E-state index contributed by atoms with van der Waals surface area (Å²) in [5, 5.41) is 0. The van der Waals surface area contributed by atoms with Crippen molar-refractivity contribution in [2.75, 3.05) is 26.4 Å². The van der Waals surface area contributed by atoms with Crippen LogP contribution < -0.4 is 10.5 Å². The molecule has 3 N–H and O–H groups in total. The van der Waals surface area contributed by atoms with E-state index in [4.69, 9.17) is 5.73 Å². The second-order valence-corrected chi connectivity index (χ2v) is 7.84. The van der Waals surface area contributed by atoms with Gasteiger partial charge in [0.1, 0.15) is 0 Å². The highest BCUT2D eigenvalue weighted by Gasteiger charge is 2.24. The first-order chi connectivity index (χ1) is 8.56. The SMILES string of the molecule is CN(C)C(C)(C)CNS(=O)(=O)c1ccc(Br)c(N)c1. The fraction of sp³-hybridized carbons (Fsp3) is 0.500. The van der Waals surface area contributed by atoms with E-state index in [0.29, 0.717) is 16.7 Å². The molecule has 0 unspecified atom stereocenters. The van der Waals surface area contributed by atoms with E-state index < -0.39 is 10.0 Å². The van der Waals surface area contributed by atoms with Crippen LogP contribution in [0.5, 0.6) is 0 Å². The van der Waals surface area contributed by atoms with Crippen LogP contribution in [0.25, 0.3) is 0 Å². The molecule has 5 nitrogen and oxygen atoms in total. The average Bonchev–Trinajstić information content (AvgIpc) is 2.30. The fourth-order valence-corrected chi connectivity index (χ4v) is 2.69. The second kappa shape index (κ2) is 5.78. The molecule has 0 radical (unpaired) electrons. The Balaban J connectivity index is 2.90. The maximum absolute atomic E-state index is 12.2. The third kappa shape index (κ3) is 4.17. The van der Waals surface area contributed by atoms with Crippen LogP contribution in [0.1, 0.15) is 13.8 Å². The van der Waals surface area contributed by atoms with Crippen LogP contribution in [-0.2, 0) is 10.0 Å². The Bertz CT molecular complexity index is 556. The number of nitrogens with one attached hydrogen (secondary N) is 1. The van der Waals surface area contributed by atoms with Crippen molar-refractivity contribution in [2.45, 2.75) is 24.3 Å². The van der Waals surface area contributed by atoms with Gasteiger partial charge in [-0.1, -0.05) is 0 Å². The Morgan fingerprint density at radius 2 is 1.95 bits per heavy atom. The van der Waals surface area contributed by atoms with Crippen molar-refractivity contribution in [3.8, 4) is 0 Å². The maximum atomic E-state index is 12.2. The van der Waals surface area contributed by atoms with Gasteiger partial charge < -0.3 is 10.6 Å². The molecule has 0 saturated carbocycles. The van der Waals surface area contributed by atoms with Gasteiger partial charge in [-0.25, -0.2) is 13.1 Å². The lowest BCUT2D eigenvalue weighted by Crippen LogP contribution is -2.48. The minimum absolute atomic E-state index is 0.169. The zero-order valence-corrected chi connectivity index (χ0v) is 14.0. The van der Waals surface area contributed by atoms with Crippen molar-refractivity contribution in [2.24, 2.45) is 0 Å². The highest BCUT2D eigenvalue weighted by molar-refractivity contribution is 9.10. The number of nitrogens with two attached hydrogens (primary N) is 1. The molecule has 1 aromatic rings. The summed E-state index contributed by atoms with van der Waals surface area (Å²) in [6.45, 7) is 4.25. The molecular weight excluding hydrogens is 330 g/mol. The highest BCUT2D eigenvalue weighted by atomic mass is 79.9. The Labute approximate surface area is 123 Å². The molecule has 0 aromatic heterocycles. The minimum atomic E-state index is -3.54. The zero-order chi connectivity index (χ0) is 14.8. The van der Waals surface area contributed by atoms with E-state index in [1.54, 1.807) is 6.07 Å². The van der Waals surface area contributed by atoms with E-state index >= 15 is 0 Å². The standard InChI is InChI=1S/C12H20BrN3O2S/c1-12(2,16(3)4)8-15-19(17,18)9-5-6-10(13)11(14)7-9/h5-7,15H,8,14H2,1-4H3. The summed E-state index contributed by atoms with van der Waals surface area (Å²) >= 11 is 3.24. The first-order valence-electron chi connectivity index (χ1n) is 5.78. The van der Waals surface area contributed by atoms with E-state index in [1.807, 2.05) is 32.8 Å². The van der Waals surface area contributed by atoms with E-state index in [2.05, 4.69) is 20.7 Å². The topological polar surface area (TPSA) is 75.4 Å². The van der Waals surface area contributed by atoms with Gasteiger partial charge in [0, 0.05) is 22.2 Å². The number of rotatable bonds is 5. The van der Waals surface area contributed by atoms with Crippen LogP contribution in [-0.4, -0.2) is 39.5 Å². The summed E-state index contributed by atoms with van der Waals surface area (Å²) < 4.78 is 27.6. The number of nitrogen functional groups attached to an aromatic ring is 1. The average molecular weight is 350 g/mol. The number of likely N-dealkylation sites (N-methyl/N-ethyl adjacent to an activating group) is 1. The van der Waals surface area contributed by atoms with E-state index in [-0.39, 0.29) is 10.4 Å². The molecule has 0 heterocycles. The third-order valence-electron chi connectivity index (χ3n) is 3.18. The molecule has 0 spiro atoms. The fourth-order valence-electron chi connectivity index (χ4n) is 1.20. The van der Waals surface area contributed by atoms with E-state index in [1.165, 1.54) is 12.1 Å². The summed E-state index contributed by atoms with van der Waals surface area (Å²) in [4.78, 5) is 2.13. The normalized spacial score (nSPS) is 12.9. The van der Waals surface area contributed by atoms with Gasteiger partial charge >= 0.3 is 0 Å². The van der Waals surface area contributed by atoms with Crippen molar-refractivity contribution in [1.29, 1.82) is 0 Å². The number of hydrogen-bond acceptors (Lipinski definition) is 4. The Morgan fingerprint density at radius 1 is 1.37 bits per heavy atom. The summed E-state index contributed by atoms with van der Waals surface area (Å²) in [7, 11) is 0.274. The van der Waals surface area contributed by atoms with Gasteiger partial charge in [0.2, 0.25) is 10.0 Å². The maximum Gasteiger partial charge on any atom is 0.240 e. The summed E-state index contributed by atoms with van der Waals surface area (Å²) in [5.74, 6) is 0. The van der Waals surface area contributed by atoms with Gasteiger partial charge in [-0.2, -0.15) is 0 Å². The molecular formula is C12H20BrN3O2S. The van der Waals surface area contributed by atoms with Gasteiger partial charge in [0.15, 0.2) is 0 Å². The van der Waals surface area contributed by atoms with Crippen LogP contribution in [0.2, 0.25) is 0 Å². The number of nitrogens with zero attached hydrogens (tertiary/aromatic N) is 1. The molecule has 0 atom stereocenters.